The van der Waals surface area contributed by atoms with Gasteiger partial charge in [0.2, 0.25) is 0 Å². The van der Waals surface area contributed by atoms with Gasteiger partial charge in [-0.3, -0.25) is 0 Å². The topological polar surface area (TPSA) is 61.9 Å². The highest BCUT2D eigenvalue weighted by Gasteiger charge is 2.42. The van der Waals surface area contributed by atoms with Gasteiger partial charge in [-0.1, -0.05) is 18.3 Å². The Kier molecular flexibility index (Phi) is 3.18. The van der Waals surface area contributed by atoms with Crippen LogP contribution < -0.4 is 5.73 Å². The first kappa shape index (κ1) is 13.1. The average Bonchev–Trinajstić information content (AvgIpc) is 2.99. The van der Waals surface area contributed by atoms with Gasteiger partial charge in [-0.05, 0) is 12.8 Å². The highest BCUT2D eigenvalue weighted by molar-refractivity contribution is 8.13. The Morgan fingerprint density at radius 2 is 2.17 bits per heavy atom. The van der Waals surface area contributed by atoms with Crippen LogP contribution >= 0.6 is 11.8 Å². The van der Waals surface area contributed by atoms with Crippen LogP contribution in [-0.4, -0.2) is 39.1 Å². The van der Waals surface area contributed by atoms with E-state index in [4.69, 9.17) is 5.73 Å². The zero-order chi connectivity index (χ0) is 13.5. The van der Waals surface area contributed by atoms with Gasteiger partial charge in [0.05, 0.1) is 5.75 Å². The summed E-state index contributed by atoms with van der Waals surface area (Å²) in [6.45, 7) is 3.64. The summed E-state index contributed by atoms with van der Waals surface area (Å²) < 4.78 is 36.6. The molecule has 2 N–H and O–H groups in total. The Morgan fingerprint density at radius 1 is 1.56 bits per heavy atom. The number of carbonyl (C=O) groups excluding carboxylic acids is 1. The first-order valence-electron chi connectivity index (χ1n) is 5.15. The predicted octanol–water partition coefficient (Wildman–Crippen LogP) is 1.88. The van der Waals surface area contributed by atoms with Crippen molar-refractivity contribution in [1.82, 2.24) is 9.91 Å². The molecule has 1 heterocycles. The third-order valence-corrected chi connectivity index (χ3v) is 3.41. The Bertz CT molecular complexity index is 419. The second kappa shape index (κ2) is 4.38. The minimum Gasteiger partial charge on any atom is -0.350 e. The summed E-state index contributed by atoms with van der Waals surface area (Å²) >= 11 is 0.533. The minimum absolute atomic E-state index is 0.0707. The molecule has 0 aromatic rings. The van der Waals surface area contributed by atoms with Crippen molar-refractivity contribution in [1.29, 1.82) is 0 Å². The molecule has 0 aromatic heterocycles. The number of amidine groups is 1. The number of carbonyl (C=O) groups is 1. The van der Waals surface area contributed by atoms with E-state index in [0.29, 0.717) is 11.8 Å². The van der Waals surface area contributed by atoms with Gasteiger partial charge in [-0.2, -0.15) is 18.2 Å². The van der Waals surface area contributed by atoms with Gasteiger partial charge in [0.1, 0.15) is 5.82 Å². The van der Waals surface area contributed by atoms with Crippen LogP contribution in [0.4, 0.5) is 18.0 Å². The van der Waals surface area contributed by atoms with Crippen molar-refractivity contribution in [3.05, 3.63) is 12.4 Å². The number of hydrogen-bond donors (Lipinski definition) is 1. The molecule has 9 heteroatoms. The number of rotatable bonds is 2. The molecule has 0 saturated heterocycles. The zero-order valence-electron chi connectivity index (χ0n) is 9.28. The van der Waals surface area contributed by atoms with E-state index in [1.165, 1.54) is 0 Å². The third kappa shape index (κ3) is 2.71. The largest absolute Gasteiger partial charge is 0.398 e. The standard InChI is InChI=1S/C9H11F3N4OS/c1-5-15(6-2-3-6)8(14-16(5)7(13)17)18-4-9(10,11)12/h6H,1-4H2,(H2,13,17). The summed E-state index contributed by atoms with van der Waals surface area (Å²) in [5.74, 6) is -0.843. The molecule has 1 aliphatic heterocycles. The minimum atomic E-state index is -4.29. The first-order valence-corrected chi connectivity index (χ1v) is 6.14. The lowest BCUT2D eigenvalue weighted by atomic mass is 10.5. The normalized spacial score (nSPS) is 20.4. The lowest BCUT2D eigenvalue weighted by Gasteiger charge is -2.21. The summed E-state index contributed by atoms with van der Waals surface area (Å²) in [6, 6.07) is -0.783. The van der Waals surface area contributed by atoms with Gasteiger partial charge in [0.15, 0.2) is 5.17 Å². The predicted molar refractivity (Wildman–Crippen MR) is 61.4 cm³/mol. The summed E-state index contributed by atoms with van der Waals surface area (Å²) in [4.78, 5) is 12.6. The van der Waals surface area contributed by atoms with Crippen molar-refractivity contribution >= 4 is 23.0 Å². The SMILES string of the molecule is C=C1N(C(N)=O)N=C(SCC(F)(F)F)N1C1CC1. The van der Waals surface area contributed by atoms with Crippen LogP contribution in [-0.2, 0) is 0 Å². The van der Waals surface area contributed by atoms with Gasteiger partial charge < -0.3 is 10.6 Å². The zero-order valence-corrected chi connectivity index (χ0v) is 10.1. The van der Waals surface area contributed by atoms with Crippen molar-refractivity contribution in [2.75, 3.05) is 5.75 Å². The van der Waals surface area contributed by atoms with E-state index in [0.717, 1.165) is 17.9 Å². The quantitative estimate of drug-likeness (QED) is 0.840. The maximum atomic E-state index is 12.2. The number of halogens is 3. The van der Waals surface area contributed by atoms with E-state index in [2.05, 4.69) is 11.7 Å². The lowest BCUT2D eigenvalue weighted by Crippen LogP contribution is -2.34. The molecule has 2 amide bonds. The van der Waals surface area contributed by atoms with Crippen LogP contribution in [0.1, 0.15) is 12.8 Å². The van der Waals surface area contributed by atoms with E-state index in [-0.39, 0.29) is 17.0 Å². The summed E-state index contributed by atoms with van der Waals surface area (Å²) in [5.41, 5.74) is 5.08. The molecule has 1 fully saturated rings. The third-order valence-electron chi connectivity index (χ3n) is 2.40. The average molecular weight is 280 g/mol. The summed E-state index contributed by atoms with van der Waals surface area (Å²) in [7, 11) is 0. The maximum Gasteiger partial charge on any atom is 0.398 e. The molecule has 0 atom stereocenters. The monoisotopic (exact) mass is 280 g/mol. The van der Waals surface area contributed by atoms with Crippen LogP contribution in [0, 0.1) is 0 Å². The number of urea groups is 1. The number of hydrazone groups is 1. The van der Waals surface area contributed by atoms with Crippen LogP contribution in [0.25, 0.3) is 0 Å². The Balaban J connectivity index is 2.11. The molecule has 1 aliphatic carbocycles. The Hall–Kier alpha value is -1.38. The van der Waals surface area contributed by atoms with E-state index < -0.39 is 18.0 Å². The lowest BCUT2D eigenvalue weighted by molar-refractivity contribution is -0.105. The molecular weight excluding hydrogens is 269 g/mol. The van der Waals surface area contributed by atoms with Crippen LogP contribution in [0.2, 0.25) is 0 Å². The Labute approximate surface area is 105 Å². The van der Waals surface area contributed by atoms with Crippen molar-refractivity contribution in [3.63, 3.8) is 0 Å². The smallest absolute Gasteiger partial charge is 0.350 e. The molecule has 0 radical (unpaired) electrons. The molecule has 1 saturated carbocycles. The van der Waals surface area contributed by atoms with Crippen molar-refractivity contribution in [2.45, 2.75) is 25.1 Å². The second-order valence-electron chi connectivity index (χ2n) is 3.95. The molecule has 2 aliphatic rings. The number of hydrogen-bond acceptors (Lipinski definition) is 4. The van der Waals surface area contributed by atoms with Gasteiger partial charge in [-0.25, -0.2) is 4.79 Å². The molecular formula is C9H11F3N4OS. The van der Waals surface area contributed by atoms with Gasteiger partial charge in [0.25, 0.3) is 0 Å². The van der Waals surface area contributed by atoms with E-state index in [1.54, 1.807) is 4.90 Å². The van der Waals surface area contributed by atoms with Gasteiger partial charge >= 0.3 is 12.2 Å². The molecule has 0 spiro atoms. The molecule has 0 bridgehead atoms. The summed E-state index contributed by atoms with van der Waals surface area (Å²) in [5, 5.41) is 4.73. The summed E-state index contributed by atoms with van der Waals surface area (Å²) in [6.07, 6.45) is -2.60. The second-order valence-corrected chi connectivity index (χ2v) is 4.90. The molecule has 18 heavy (non-hydrogen) atoms. The van der Waals surface area contributed by atoms with E-state index >= 15 is 0 Å². The van der Waals surface area contributed by atoms with Gasteiger partial charge in [0, 0.05) is 6.04 Å². The molecule has 2 rings (SSSR count). The molecule has 5 nitrogen and oxygen atoms in total. The van der Waals surface area contributed by atoms with Crippen molar-refractivity contribution in [3.8, 4) is 0 Å². The van der Waals surface area contributed by atoms with E-state index in [9.17, 15) is 18.0 Å². The van der Waals surface area contributed by atoms with Gasteiger partial charge in [-0.15, -0.1) is 5.10 Å². The fourth-order valence-electron chi connectivity index (χ4n) is 1.52. The maximum absolute atomic E-state index is 12.2. The number of nitrogens with zero attached hydrogens (tertiary/aromatic N) is 3. The van der Waals surface area contributed by atoms with Crippen LogP contribution in [0.15, 0.2) is 17.5 Å². The number of thioether (sulfide) groups is 1. The number of alkyl halides is 3. The molecule has 0 aromatic carbocycles. The number of nitrogens with two attached hydrogens (primary N) is 1. The number of primary amides is 1. The van der Waals surface area contributed by atoms with E-state index in [1.807, 2.05) is 0 Å². The van der Waals surface area contributed by atoms with Crippen molar-refractivity contribution in [2.24, 2.45) is 10.8 Å². The highest BCUT2D eigenvalue weighted by atomic mass is 32.2. The molecule has 0 unspecified atom stereocenters. The first-order chi connectivity index (χ1) is 8.29. The van der Waals surface area contributed by atoms with Crippen molar-refractivity contribution < 1.29 is 18.0 Å². The number of amides is 2. The fourth-order valence-corrected chi connectivity index (χ4v) is 2.35. The molecule has 100 valence electrons. The fraction of sp³-hybridized carbons (Fsp3) is 0.556. The van der Waals surface area contributed by atoms with Crippen LogP contribution in [0.5, 0.6) is 0 Å². The highest BCUT2D eigenvalue weighted by Crippen LogP contribution is 2.38. The Morgan fingerprint density at radius 3 is 2.61 bits per heavy atom. The van der Waals surface area contributed by atoms with Crippen LogP contribution in [0.3, 0.4) is 0 Å².